The number of aromatic nitrogens is 2. The highest BCUT2D eigenvalue weighted by atomic mass is 16.5. The van der Waals surface area contributed by atoms with Crippen molar-refractivity contribution < 1.29 is 4.74 Å². The van der Waals surface area contributed by atoms with Gasteiger partial charge in [0.1, 0.15) is 11.9 Å². The Hall–Kier alpha value is -1.67. The smallest absolute Gasteiger partial charge is 0.158 e. The molecule has 0 aliphatic rings. The van der Waals surface area contributed by atoms with Crippen LogP contribution < -0.4 is 5.32 Å². The number of rotatable bonds is 5. The molecule has 1 N–H and O–H groups in total. The lowest BCUT2D eigenvalue weighted by Gasteiger charge is -2.27. The number of nitrogens with zero attached hydrogens (tertiary/aromatic N) is 3. The quantitative estimate of drug-likeness (QED) is 0.843. The Morgan fingerprint density at radius 1 is 1.47 bits per heavy atom. The molecule has 5 nitrogen and oxygen atoms in total. The average Bonchev–Trinajstić information content (AvgIpc) is 2.29. The van der Waals surface area contributed by atoms with Crippen molar-refractivity contribution in [3.63, 3.8) is 0 Å². The second kappa shape index (κ2) is 5.60. The molecule has 1 heterocycles. The van der Waals surface area contributed by atoms with E-state index in [-0.39, 0.29) is 11.6 Å². The van der Waals surface area contributed by atoms with Crippen LogP contribution in [0.1, 0.15) is 32.9 Å². The molecule has 17 heavy (non-hydrogen) atoms. The van der Waals surface area contributed by atoms with Crippen molar-refractivity contribution in [1.82, 2.24) is 9.97 Å². The Balaban J connectivity index is 2.56. The fraction of sp³-hybridized carbons (Fsp3) is 0.583. The van der Waals surface area contributed by atoms with E-state index in [2.05, 4.69) is 22.2 Å². The summed E-state index contributed by atoms with van der Waals surface area (Å²) < 4.78 is 5.36. The standard InChI is InChI=1S/C12H18N4O/c1-9(5-12(2,3)17-4)16-11-8-14-10(6-13)7-15-11/h7-9H,5H2,1-4H3,(H,15,16). The Bertz CT molecular complexity index is 394. The Kier molecular flexibility index (Phi) is 4.41. The first-order chi connectivity index (χ1) is 7.96. The Morgan fingerprint density at radius 2 is 2.18 bits per heavy atom. The number of hydrogen-bond acceptors (Lipinski definition) is 5. The largest absolute Gasteiger partial charge is 0.379 e. The molecule has 5 heteroatoms. The summed E-state index contributed by atoms with van der Waals surface area (Å²) in [6.45, 7) is 6.13. The second-order valence-corrected chi connectivity index (χ2v) is 4.61. The fourth-order valence-electron chi connectivity index (χ4n) is 1.58. The van der Waals surface area contributed by atoms with Crippen LogP contribution in [0.3, 0.4) is 0 Å². The van der Waals surface area contributed by atoms with Gasteiger partial charge in [0.25, 0.3) is 0 Å². The number of ether oxygens (including phenoxy) is 1. The molecule has 0 saturated heterocycles. The molecule has 1 unspecified atom stereocenters. The summed E-state index contributed by atoms with van der Waals surface area (Å²) >= 11 is 0. The Labute approximate surface area is 102 Å². The van der Waals surface area contributed by atoms with Crippen molar-refractivity contribution in [3.8, 4) is 6.07 Å². The van der Waals surface area contributed by atoms with Gasteiger partial charge in [-0.15, -0.1) is 0 Å². The van der Waals surface area contributed by atoms with Gasteiger partial charge in [0.2, 0.25) is 0 Å². The van der Waals surface area contributed by atoms with Crippen LogP contribution in [0.5, 0.6) is 0 Å². The number of methoxy groups -OCH3 is 1. The average molecular weight is 234 g/mol. The van der Waals surface area contributed by atoms with Gasteiger partial charge in [-0.1, -0.05) is 0 Å². The summed E-state index contributed by atoms with van der Waals surface area (Å²) in [5, 5.41) is 11.8. The molecule has 1 rings (SSSR count). The van der Waals surface area contributed by atoms with Crippen molar-refractivity contribution >= 4 is 5.82 Å². The van der Waals surface area contributed by atoms with Crippen molar-refractivity contribution in [1.29, 1.82) is 5.26 Å². The third kappa shape index (κ3) is 4.37. The molecule has 0 fully saturated rings. The first-order valence-corrected chi connectivity index (χ1v) is 5.50. The molecular formula is C12H18N4O. The zero-order valence-electron chi connectivity index (χ0n) is 10.7. The first kappa shape index (κ1) is 13.4. The predicted octanol–water partition coefficient (Wildman–Crippen LogP) is 1.96. The van der Waals surface area contributed by atoms with Crippen molar-refractivity contribution in [3.05, 3.63) is 18.1 Å². The molecule has 0 spiro atoms. The minimum absolute atomic E-state index is 0.174. The second-order valence-electron chi connectivity index (χ2n) is 4.61. The molecule has 1 aromatic rings. The zero-order chi connectivity index (χ0) is 12.9. The van der Waals surface area contributed by atoms with Crippen LogP contribution in [0.4, 0.5) is 5.82 Å². The minimum atomic E-state index is -0.174. The van der Waals surface area contributed by atoms with Crippen LogP contribution in [-0.4, -0.2) is 28.7 Å². The van der Waals surface area contributed by atoms with Crippen molar-refractivity contribution in [2.24, 2.45) is 0 Å². The van der Waals surface area contributed by atoms with Gasteiger partial charge >= 0.3 is 0 Å². The lowest BCUT2D eigenvalue weighted by atomic mass is 10.00. The number of hydrogen-bond donors (Lipinski definition) is 1. The summed E-state index contributed by atoms with van der Waals surface area (Å²) in [4.78, 5) is 8.06. The van der Waals surface area contributed by atoms with Gasteiger partial charge in [-0.3, -0.25) is 0 Å². The van der Waals surface area contributed by atoms with E-state index in [1.165, 1.54) is 6.20 Å². The molecule has 92 valence electrons. The van der Waals surface area contributed by atoms with Gasteiger partial charge in [-0.2, -0.15) is 5.26 Å². The molecule has 0 aliphatic heterocycles. The van der Waals surface area contributed by atoms with Crippen LogP contribution in [0.25, 0.3) is 0 Å². The molecule has 0 aromatic carbocycles. The lowest BCUT2D eigenvalue weighted by molar-refractivity contribution is 0.0128. The number of anilines is 1. The normalized spacial score (nSPS) is 12.9. The SMILES string of the molecule is COC(C)(C)CC(C)Nc1cnc(C#N)cn1. The summed E-state index contributed by atoms with van der Waals surface area (Å²) in [7, 11) is 1.70. The highest BCUT2D eigenvalue weighted by Crippen LogP contribution is 2.17. The van der Waals surface area contributed by atoms with Gasteiger partial charge in [-0.25, -0.2) is 9.97 Å². The number of nitriles is 1. The van der Waals surface area contributed by atoms with Gasteiger partial charge in [-0.05, 0) is 27.2 Å². The molecule has 1 atom stereocenters. The number of nitrogens with one attached hydrogen (secondary N) is 1. The third-order valence-electron chi connectivity index (χ3n) is 2.51. The van der Waals surface area contributed by atoms with Crippen LogP contribution in [-0.2, 0) is 4.74 Å². The maximum Gasteiger partial charge on any atom is 0.158 e. The van der Waals surface area contributed by atoms with E-state index in [1.807, 2.05) is 19.9 Å². The minimum Gasteiger partial charge on any atom is -0.379 e. The van der Waals surface area contributed by atoms with E-state index in [0.717, 1.165) is 6.42 Å². The molecule has 0 aliphatic carbocycles. The molecular weight excluding hydrogens is 216 g/mol. The van der Waals surface area contributed by atoms with Gasteiger partial charge in [0.05, 0.1) is 18.0 Å². The van der Waals surface area contributed by atoms with E-state index in [4.69, 9.17) is 10.00 Å². The lowest BCUT2D eigenvalue weighted by Crippen LogP contribution is -2.31. The highest BCUT2D eigenvalue weighted by Gasteiger charge is 2.20. The van der Waals surface area contributed by atoms with Gasteiger partial charge < -0.3 is 10.1 Å². The van der Waals surface area contributed by atoms with Crippen molar-refractivity contribution in [2.75, 3.05) is 12.4 Å². The maximum absolute atomic E-state index is 8.61. The predicted molar refractivity (Wildman–Crippen MR) is 65.5 cm³/mol. The summed E-state index contributed by atoms with van der Waals surface area (Å²) in [5.41, 5.74) is 0.146. The summed E-state index contributed by atoms with van der Waals surface area (Å²) in [6.07, 6.45) is 3.87. The van der Waals surface area contributed by atoms with E-state index in [9.17, 15) is 0 Å². The molecule has 0 amide bonds. The summed E-state index contributed by atoms with van der Waals surface area (Å²) in [6, 6.07) is 2.15. The van der Waals surface area contributed by atoms with Crippen LogP contribution in [0.15, 0.2) is 12.4 Å². The first-order valence-electron chi connectivity index (χ1n) is 5.50. The van der Waals surface area contributed by atoms with E-state index >= 15 is 0 Å². The molecule has 0 radical (unpaired) electrons. The van der Waals surface area contributed by atoms with Crippen LogP contribution in [0, 0.1) is 11.3 Å². The van der Waals surface area contributed by atoms with E-state index < -0.39 is 0 Å². The van der Waals surface area contributed by atoms with Gasteiger partial charge in [0, 0.05) is 13.2 Å². The topological polar surface area (TPSA) is 70.8 Å². The van der Waals surface area contributed by atoms with E-state index in [1.54, 1.807) is 13.3 Å². The molecule has 0 bridgehead atoms. The van der Waals surface area contributed by atoms with Crippen molar-refractivity contribution in [2.45, 2.75) is 38.8 Å². The van der Waals surface area contributed by atoms with Crippen LogP contribution in [0.2, 0.25) is 0 Å². The Morgan fingerprint density at radius 3 is 2.65 bits per heavy atom. The maximum atomic E-state index is 8.61. The van der Waals surface area contributed by atoms with E-state index in [0.29, 0.717) is 11.5 Å². The monoisotopic (exact) mass is 234 g/mol. The fourth-order valence-corrected chi connectivity index (χ4v) is 1.58. The third-order valence-corrected chi connectivity index (χ3v) is 2.51. The molecule has 1 aromatic heterocycles. The molecule has 0 saturated carbocycles. The van der Waals surface area contributed by atoms with Crippen LogP contribution >= 0.6 is 0 Å². The summed E-state index contributed by atoms with van der Waals surface area (Å²) in [5.74, 6) is 0.670. The zero-order valence-corrected chi connectivity index (χ0v) is 10.7. The highest BCUT2D eigenvalue weighted by molar-refractivity contribution is 5.34. The van der Waals surface area contributed by atoms with Gasteiger partial charge in [0.15, 0.2) is 5.69 Å².